The maximum atomic E-state index is 12.4. The highest BCUT2D eigenvalue weighted by Gasteiger charge is 2.23. The molecule has 0 aliphatic carbocycles. The molecule has 0 spiro atoms. The molecular formula is C36H31N5O. The summed E-state index contributed by atoms with van der Waals surface area (Å²) in [5, 5.41) is 0. The Balaban J connectivity index is 0.000000158. The standard InChI is InChI=1S/C20H14N4.C16H17NO/c1-2-14-10-16-5-6-18(23-16)12-20-8-7-19(24-20)11-17-4-3-15(22-17)9-13(1)21-14;1-17(2)16(18)15(13-9-5-3-6-10-13)14-11-7-4-8-12-14/h1-12,21,24H;3-12,15H,1-2H3. The topological polar surface area (TPSA) is 77.7 Å². The highest BCUT2D eigenvalue weighted by molar-refractivity contribution is 5.86. The van der Waals surface area contributed by atoms with Crippen LogP contribution in [-0.4, -0.2) is 44.8 Å². The summed E-state index contributed by atoms with van der Waals surface area (Å²) in [5.41, 5.74) is 9.92. The number of carbonyl (C=O) groups excluding carboxylic acids is 1. The number of likely N-dealkylation sites (N-methyl/N-ethyl adjacent to an activating group) is 1. The first-order valence-corrected chi connectivity index (χ1v) is 13.9. The summed E-state index contributed by atoms with van der Waals surface area (Å²) in [6.45, 7) is 0. The Kier molecular flexibility index (Phi) is 7.60. The Bertz CT molecular complexity index is 1720. The highest BCUT2D eigenvalue weighted by atomic mass is 16.2. The summed E-state index contributed by atoms with van der Waals surface area (Å²) >= 11 is 0. The molecule has 2 aliphatic rings. The first-order chi connectivity index (χ1) is 20.5. The lowest BCUT2D eigenvalue weighted by molar-refractivity contribution is -0.129. The van der Waals surface area contributed by atoms with Gasteiger partial charge in [-0.2, -0.15) is 0 Å². The number of nitrogens with one attached hydrogen (secondary N) is 2. The maximum absolute atomic E-state index is 12.4. The van der Waals surface area contributed by atoms with Gasteiger partial charge in [0.1, 0.15) is 0 Å². The molecule has 6 nitrogen and oxygen atoms in total. The second-order valence-corrected chi connectivity index (χ2v) is 10.4. The number of nitrogens with zero attached hydrogens (tertiary/aromatic N) is 3. The summed E-state index contributed by atoms with van der Waals surface area (Å²) in [6.07, 6.45) is 8.09. The Labute approximate surface area is 244 Å². The van der Waals surface area contributed by atoms with Gasteiger partial charge in [-0.25, -0.2) is 9.97 Å². The van der Waals surface area contributed by atoms with Crippen molar-refractivity contribution in [1.29, 1.82) is 0 Å². The number of amides is 1. The summed E-state index contributed by atoms with van der Waals surface area (Å²) < 4.78 is 0. The van der Waals surface area contributed by atoms with Crippen molar-refractivity contribution in [3.05, 3.63) is 143 Å². The molecule has 0 atom stereocenters. The van der Waals surface area contributed by atoms with Crippen molar-refractivity contribution in [2.24, 2.45) is 0 Å². The van der Waals surface area contributed by atoms with E-state index >= 15 is 0 Å². The number of H-pyrrole nitrogens is 2. The van der Waals surface area contributed by atoms with Gasteiger partial charge in [0.05, 0.1) is 28.7 Å². The molecule has 5 heterocycles. The Morgan fingerprint density at radius 3 is 1.19 bits per heavy atom. The van der Waals surface area contributed by atoms with E-state index in [1.54, 1.807) is 19.0 Å². The van der Waals surface area contributed by atoms with E-state index < -0.39 is 0 Å². The molecule has 0 saturated heterocycles. The van der Waals surface area contributed by atoms with E-state index in [0.29, 0.717) is 0 Å². The number of hydrogen-bond donors (Lipinski definition) is 2. The van der Waals surface area contributed by atoms with E-state index in [-0.39, 0.29) is 11.8 Å². The van der Waals surface area contributed by atoms with Gasteiger partial charge in [-0.3, -0.25) is 4.79 Å². The van der Waals surface area contributed by atoms with Crippen molar-refractivity contribution in [1.82, 2.24) is 24.8 Å². The zero-order valence-electron chi connectivity index (χ0n) is 23.5. The van der Waals surface area contributed by atoms with E-state index in [0.717, 1.165) is 56.0 Å². The minimum absolute atomic E-state index is 0.104. The lowest BCUT2D eigenvalue weighted by Crippen LogP contribution is -2.28. The summed E-state index contributed by atoms with van der Waals surface area (Å²) in [5.74, 6) is -0.116. The molecular weight excluding hydrogens is 518 g/mol. The second kappa shape index (κ2) is 11.9. The Morgan fingerprint density at radius 1 is 0.548 bits per heavy atom. The first kappa shape index (κ1) is 26.7. The zero-order valence-corrected chi connectivity index (χ0v) is 23.5. The molecule has 6 heteroatoms. The van der Waals surface area contributed by atoms with Crippen LogP contribution in [0.25, 0.3) is 46.4 Å². The van der Waals surface area contributed by atoms with E-state index in [1.807, 2.05) is 109 Å². The molecule has 8 bridgehead atoms. The Hall–Kier alpha value is -5.49. The second-order valence-electron chi connectivity index (χ2n) is 10.4. The van der Waals surface area contributed by atoms with Gasteiger partial charge in [0, 0.05) is 36.2 Å². The number of benzene rings is 2. The fraction of sp³-hybridized carbons (Fsp3) is 0.0833. The van der Waals surface area contributed by atoms with Crippen molar-refractivity contribution in [3.8, 4) is 0 Å². The molecule has 3 aromatic heterocycles. The van der Waals surface area contributed by atoms with Gasteiger partial charge in [-0.1, -0.05) is 60.7 Å². The van der Waals surface area contributed by atoms with Crippen molar-refractivity contribution in [3.63, 3.8) is 0 Å². The fourth-order valence-corrected chi connectivity index (χ4v) is 4.97. The van der Waals surface area contributed by atoms with Crippen LogP contribution >= 0.6 is 0 Å². The molecule has 5 aromatic rings. The van der Waals surface area contributed by atoms with Crippen LogP contribution in [0.1, 0.15) is 39.8 Å². The van der Waals surface area contributed by atoms with Crippen LogP contribution in [0.15, 0.2) is 109 Å². The molecule has 42 heavy (non-hydrogen) atoms. The van der Waals surface area contributed by atoms with Gasteiger partial charge in [0.25, 0.3) is 0 Å². The van der Waals surface area contributed by atoms with Crippen LogP contribution in [-0.2, 0) is 4.79 Å². The highest BCUT2D eigenvalue weighted by Crippen LogP contribution is 2.26. The number of carbonyl (C=O) groups is 1. The SMILES string of the molecule is C1=Cc2cc3ccc(cc4nc(cc5ccc(cc1n2)[nH]5)C=C4)[nH]3.CN(C)C(=O)C(c1ccccc1)c1ccccc1. The maximum Gasteiger partial charge on any atom is 0.234 e. The number of aromatic nitrogens is 4. The molecule has 0 unspecified atom stereocenters. The number of aromatic amines is 2. The van der Waals surface area contributed by atoms with Crippen LogP contribution in [0, 0.1) is 0 Å². The minimum Gasteiger partial charge on any atom is -0.355 e. The third-order valence-electron chi connectivity index (χ3n) is 7.00. The third-order valence-corrected chi connectivity index (χ3v) is 7.00. The molecule has 0 fully saturated rings. The zero-order chi connectivity index (χ0) is 28.9. The molecule has 206 valence electrons. The van der Waals surface area contributed by atoms with Crippen LogP contribution < -0.4 is 0 Å². The molecule has 2 N–H and O–H groups in total. The van der Waals surface area contributed by atoms with E-state index in [1.165, 1.54) is 0 Å². The molecule has 2 aliphatic heterocycles. The molecule has 0 saturated carbocycles. The molecule has 2 aromatic carbocycles. The molecule has 1 amide bonds. The molecule has 0 radical (unpaired) electrons. The van der Waals surface area contributed by atoms with Gasteiger partial charge < -0.3 is 14.9 Å². The fourth-order valence-electron chi connectivity index (χ4n) is 4.97. The summed E-state index contributed by atoms with van der Waals surface area (Å²) in [7, 11) is 3.59. The summed E-state index contributed by atoms with van der Waals surface area (Å²) in [4.78, 5) is 30.0. The van der Waals surface area contributed by atoms with Gasteiger partial charge >= 0.3 is 0 Å². The van der Waals surface area contributed by atoms with Gasteiger partial charge in [-0.15, -0.1) is 0 Å². The average Bonchev–Trinajstić information content (AvgIpc) is 3.81. The largest absolute Gasteiger partial charge is 0.355 e. The molecule has 7 rings (SSSR count). The van der Waals surface area contributed by atoms with Crippen LogP contribution in [0.3, 0.4) is 0 Å². The van der Waals surface area contributed by atoms with E-state index in [9.17, 15) is 4.79 Å². The van der Waals surface area contributed by atoms with Crippen molar-refractivity contribution >= 4 is 52.3 Å². The Morgan fingerprint density at radius 2 is 0.881 bits per heavy atom. The van der Waals surface area contributed by atoms with E-state index in [2.05, 4.69) is 44.2 Å². The summed E-state index contributed by atoms with van der Waals surface area (Å²) in [6, 6.07) is 36.2. The monoisotopic (exact) mass is 549 g/mol. The predicted octanol–water partition coefficient (Wildman–Crippen LogP) is 7.56. The van der Waals surface area contributed by atoms with E-state index in [4.69, 9.17) is 0 Å². The minimum atomic E-state index is -0.220. The quantitative estimate of drug-likeness (QED) is 0.239. The van der Waals surface area contributed by atoms with Crippen LogP contribution in [0.5, 0.6) is 0 Å². The number of hydrogen-bond acceptors (Lipinski definition) is 3. The number of rotatable bonds is 3. The van der Waals surface area contributed by atoms with Crippen molar-refractivity contribution in [2.75, 3.05) is 14.1 Å². The predicted molar refractivity (Wildman–Crippen MR) is 172 cm³/mol. The van der Waals surface area contributed by atoms with Gasteiger partial charge in [0.15, 0.2) is 0 Å². The van der Waals surface area contributed by atoms with Gasteiger partial charge in [0.2, 0.25) is 5.91 Å². The van der Waals surface area contributed by atoms with Crippen molar-refractivity contribution in [2.45, 2.75) is 5.92 Å². The van der Waals surface area contributed by atoms with Crippen LogP contribution in [0.2, 0.25) is 0 Å². The lowest BCUT2D eigenvalue weighted by Gasteiger charge is -2.21. The average molecular weight is 550 g/mol. The van der Waals surface area contributed by atoms with Crippen LogP contribution in [0.4, 0.5) is 0 Å². The smallest absolute Gasteiger partial charge is 0.234 e. The normalized spacial score (nSPS) is 11.7. The third kappa shape index (κ3) is 6.29. The first-order valence-electron chi connectivity index (χ1n) is 13.9. The van der Waals surface area contributed by atoms with Crippen molar-refractivity contribution < 1.29 is 4.79 Å². The number of fused-ring (bicyclic) bond motifs is 8. The van der Waals surface area contributed by atoms with Gasteiger partial charge in [-0.05, 0) is 84.0 Å². The lowest BCUT2D eigenvalue weighted by atomic mass is 9.90.